The van der Waals surface area contributed by atoms with Crippen LogP contribution in [0.1, 0.15) is 36.3 Å². The molecule has 1 fully saturated rings. The number of H-pyrrole nitrogens is 2. The summed E-state index contributed by atoms with van der Waals surface area (Å²) in [5.41, 5.74) is 7.17. The Morgan fingerprint density at radius 3 is 2.76 bits per heavy atom. The summed E-state index contributed by atoms with van der Waals surface area (Å²) in [5.74, 6) is 0.981. The predicted molar refractivity (Wildman–Crippen MR) is 146 cm³/mol. The molecule has 3 N–H and O–H groups in total. The fourth-order valence-electron chi connectivity index (χ4n) is 5.43. The highest BCUT2D eigenvalue weighted by Gasteiger charge is 2.19. The highest BCUT2D eigenvalue weighted by molar-refractivity contribution is 5.96. The van der Waals surface area contributed by atoms with E-state index in [0.29, 0.717) is 17.4 Å². The largest absolute Gasteiger partial charge is 0.335 e. The van der Waals surface area contributed by atoms with Crippen LogP contribution < -0.4 is 5.32 Å². The molecule has 1 aliphatic heterocycles. The minimum absolute atomic E-state index is 0.231. The van der Waals surface area contributed by atoms with Gasteiger partial charge in [0.25, 0.3) is 0 Å². The van der Waals surface area contributed by atoms with E-state index < -0.39 is 0 Å². The lowest BCUT2D eigenvalue weighted by Gasteiger charge is -2.23. The van der Waals surface area contributed by atoms with Crippen molar-refractivity contribution in [2.24, 2.45) is 0 Å². The molecule has 0 radical (unpaired) electrons. The number of aromatic nitrogens is 5. The Labute approximate surface area is 215 Å². The molecular formula is C29H32FN7. The van der Waals surface area contributed by atoms with Crippen molar-refractivity contribution in [3.8, 4) is 22.6 Å². The lowest BCUT2D eigenvalue weighted by Crippen LogP contribution is -2.26. The molecule has 190 valence electrons. The number of halogens is 1. The van der Waals surface area contributed by atoms with Crippen molar-refractivity contribution in [3.05, 3.63) is 65.6 Å². The third kappa shape index (κ3) is 4.86. The summed E-state index contributed by atoms with van der Waals surface area (Å²) in [4.78, 5) is 14.9. The molecule has 1 saturated heterocycles. The number of hydrogen-bond acceptors (Lipinski definition) is 5. The fraction of sp³-hybridized carbons (Fsp3) is 0.345. The fourth-order valence-corrected chi connectivity index (χ4v) is 5.43. The monoisotopic (exact) mass is 497 g/mol. The van der Waals surface area contributed by atoms with Crippen molar-refractivity contribution in [1.29, 1.82) is 0 Å². The molecule has 0 bridgehead atoms. The highest BCUT2D eigenvalue weighted by Crippen LogP contribution is 2.34. The molecule has 0 aliphatic carbocycles. The van der Waals surface area contributed by atoms with E-state index in [2.05, 4.69) is 68.7 Å². The maximum Gasteiger partial charge on any atom is 0.178 e. The van der Waals surface area contributed by atoms with Crippen LogP contribution >= 0.6 is 0 Å². The van der Waals surface area contributed by atoms with Crippen LogP contribution in [0.3, 0.4) is 0 Å². The molecule has 0 amide bonds. The van der Waals surface area contributed by atoms with Gasteiger partial charge in [0.05, 0.1) is 11.0 Å². The highest BCUT2D eigenvalue weighted by atomic mass is 19.1. The third-order valence-electron chi connectivity index (χ3n) is 7.35. The molecule has 5 aromatic rings. The zero-order chi connectivity index (χ0) is 25.4. The second-order valence-electron chi connectivity index (χ2n) is 10.3. The standard InChI is InChI=1S/C29H32FN7/c1-37(2)13-3-4-18-14-21(16-22(30)15-18)23-9-12-32-28-26(23)33-29(34-28)27-24-17-20(5-6-25(24)35-36-27)19-7-10-31-11-8-19/h5-6,9,12,14-17,19,31H,3-4,7-8,10-11,13H2,1-2H3,(H,35,36)(H,32,33,34). The zero-order valence-corrected chi connectivity index (χ0v) is 21.3. The van der Waals surface area contributed by atoms with Crippen LogP contribution in [0.15, 0.2) is 48.7 Å². The first-order chi connectivity index (χ1) is 18.0. The van der Waals surface area contributed by atoms with E-state index in [9.17, 15) is 4.39 Å². The van der Waals surface area contributed by atoms with Gasteiger partial charge >= 0.3 is 0 Å². The van der Waals surface area contributed by atoms with Crippen LogP contribution in [-0.2, 0) is 6.42 Å². The van der Waals surface area contributed by atoms with Gasteiger partial charge in [0, 0.05) is 17.1 Å². The van der Waals surface area contributed by atoms with Gasteiger partial charge in [0.1, 0.15) is 11.5 Å². The first-order valence-corrected chi connectivity index (χ1v) is 13.0. The number of fused-ring (bicyclic) bond motifs is 2. The van der Waals surface area contributed by atoms with E-state index in [1.165, 1.54) is 5.56 Å². The Morgan fingerprint density at radius 2 is 1.92 bits per heavy atom. The molecule has 0 saturated carbocycles. The van der Waals surface area contributed by atoms with E-state index in [-0.39, 0.29) is 5.82 Å². The van der Waals surface area contributed by atoms with E-state index in [1.54, 1.807) is 18.3 Å². The molecule has 37 heavy (non-hydrogen) atoms. The maximum atomic E-state index is 14.6. The van der Waals surface area contributed by atoms with Crippen molar-refractivity contribution in [2.75, 3.05) is 33.7 Å². The van der Waals surface area contributed by atoms with Gasteiger partial charge in [0.15, 0.2) is 11.5 Å². The zero-order valence-electron chi connectivity index (χ0n) is 21.3. The number of nitrogens with one attached hydrogen (secondary N) is 3. The smallest absolute Gasteiger partial charge is 0.178 e. The van der Waals surface area contributed by atoms with Gasteiger partial charge in [-0.3, -0.25) is 5.10 Å². The summed E-state index contributed by atoms with van der Waals surface area (Å²) < 4.78 is 14.6. The van der Waals surface area contributed by atoms with E-state index in [0.717, 1.165) is 84.1 Å². The number of imidazole rings is 1. The number of piperidine rings is 1. The average Bonchev–Trinajstić information content (AvgIpc) is 3.52. The minimum Gasteiger partial charge on any atom is -0.335 e. The summed E-state index contributed by atoms with van der Waals surface area (Å²) in [6.45, 7) is 3.07. The molecule has 1 aliphatic rings. The van der Waals surface area contributed by atoms with Crippen LogP contribution in [-0.4, -0.2) is 63.8 Å². The number of pyridine rings is 1. The van der Waals surface area contributed by atoms with Crippen molar-refractivity contribution in [1.82, 2.24) is 35.4 Å². The normalized spacial score (nSPS) is 14.8. The van der Waals surface area contributed by atoms with Crippen LogP contribution in [0.2, 0.25) is 0 Å². The molecule has 0 unspecified atom stereocenters. The minimum atomic E-state index is -0.231. The Hall–Kier alpha value is -3.62. The first kappa shape index (κ1) is 23.8. The van der Waals surface area contributed by atoms with Crippen molar-refractivity contribution < 1.29 is 4.39 Å². The van der Waals surface area contributed by atoms with Crippen LogP contribution in [0, 0.1) is 5.82 Å². The Morgan fingerprint density at radius 1 is 1.05 bits per heavy atom. The lowest BCUT2D eigenvalue weighted by molar-refractivity contribution is 0.400. The molecule has 6 rings (SSSR count). The van der Waals surface area contributed by atoms with Gasteiger partial charge in [0.2, 0.25) is 0 Å². The Bertz CT molecular complexity index is 1550. The third-order valence-corrected chi connectivity index (χ3v) is 7.35. The van der Waals surface area contributed by atoms with Crippen LogP contribution in [0.5, 0.6) is 0 Å². The molecule has 4 heterocycles. The summed E-state index contributed by atoms with van der Waals surface area (Å²) in [6.07, 6.45) is 5.81. The molecule has 7 nitrogen and oxygen atoms in total. The summed E-state index contributed by atoms with van der Waals surface area (Å²) in [5, 5.41) is 12.2. The first-order valence-electron chi connectivity index (χ1n) is 13.0. The van der Waals surface area contributed by atoms with Gasteiger partial charge in [-0.15, -0.1) is 0 Å². The summed E-state index contributed by atoms with van der Waals surface area (Å²) >= 11 is 0. The second-order valence-corrected chi connectivity index (χ2v) is 10.3. The number of rotatable bonds is 7. The molecule has 8 heteroatoms. The van der Waals surface area contributed by atoms with E-state index in [4.69, 9.17) is 4.98 Å². The number of aryl methyl sites for hydroxylation is 1. The molecule has 0 spiro atoms. The van der Waals surface area contributed by atoms with Gasteiger partial charge in [-0.05, 0) is 112 Å². The van der Waals surface area contributed by atoms with Crippen LogP contribution in [0.4, 0.5) is 4.39 Å². The topological polar surface area (TPSA) is 85.5 Å². The van der Waals surface area contributed by atoms with Crippen molar-refractivity contribution in [3.63, 3.8) is 0 Å². The number of nitrogens with zero attached hydrogens (tertiary/aromatic N) is 4. The van der Waals surface area contributed by atoms with Gasteiger partial charge in [-0.2, -0.15) is 5.10 Å². The van der Waals surface area contributed by atoms with E-state index >= 15 is 0 Å². The number of aromatic amines is 2. The van der Waals surface area contributed by atoms with Gasteiger partial charge in [-0.1, -0.05) is 12.1 Å². The Balaban J connectivity index is 1.37. The van der Waals surface area contributed by atoms with Gasteiger partial charge < -0.3 is 15.2 Å². The molecule has 2 aromatic carbocycles. The van der Waals surface area contributed by atoms with E-state index in [1.807, 2.05) is 6.07 Å². The summed E-state index contributed by atoms with van der Waals surface area (Å²) in [6, 6.07) is 13.8. The lowest BCUT2D eigenvalue weighted by atomic mass is 9.89. The number of hydrogen-bond donors (Lipinski definition) is 3. The average molecular weight is 498 g/mol. The second kappa shape index (κ2) is 10.0. The van der Waals surface area contributed by atoms with Crippen molar-refractivity contribution >= 4 is 22.1 Å². The molecular weight excluding hydrogens is 465 g/mol. The Kier molecular flexibility index (Phi) is 6.44. The van der Waals surface area contributed by atoms with Crippen LogP contribution in [0.25, 0.3) is 44.7 Å². The molecule has 0 atom stereocenters. The van der Waals surface area contributed by atoms with Crippen molar-refractivity contribution in [2.45, 2.75) is 31.6 Å². The number of benzene rings is 2. The molecule has 3 aromatic heterocycles. The quantitative estimate of drug-likeness (QED) is 0.285. The predicted octanol–water partition coefficient (Wildman–Crippen LogP) is 5.27. The SMILES string of the molecule is CN(C)CCCc1cc(F)cc(-c2ccnc3nc(-c4n[nH]c5ccc(C6CCNCC6)cc45)[nH]c23)c1. The maximum absolute atomic E-state index is 14.6. The summed E-state index contributed by atoms with van der Waals surface area (Å²) in [7, 11) is 4.11. The van der Waals surface area contributed by atoms with Gasteiger partial charge in [-0.25, -0.2) is 14.4 Å².